The molecule has 0 saturated heterocycles. The third-order valence-electron chi connectivity index (χ3n) is 2.88. The summed E-state index contributed by atoms with van der Waals surface area (Å²) in [6, 6.07) is -0.254. The number of aliphatic hydroxyl groups excluding tert-OH is 1. The average Bonchev–Trinajstić information content (AvgIpc) is 2.73. The van der Waals surface area contributed by atoms with Gasteiger partial charge in [0.25, 0.3) is 0 Å². The molecule has 1 heterocycles. The zero-order valence-electron chi connectivity index (χ0n) is 13.0. The lowest BCUT2D eigenvalue weighted by atomic mass is 10.1. The van der Waals surface area contributed by atoms with Gasteiger partial charge in [0.1, 0.15) is 0 Å². The molecule has 3 N–H and O–H groups in total. The van der Waals surface area contributed by atoms with Crippen LogP contribution in [0.25, 0.3) is 0 Å². The molecule has 0 fully saturated rings. The van der Waals surface area contributed by atoms with Crippen molar-refractivity contribution in [2.75, 3.05) is 11.9 Å². The largest absolute Gasteiger partial charge is 0.393 e. The minimum atomic E-state index is -0.347. The summed E-state index contributed by atoms with van der Waals surface area (Å²) in [6.07, 6.45) is 3.75. The molecule has 0 spiro atoms. The molecule has 1 rings (SSSR count). The Bertz CT molecular complexity index is 435. The summed E-state index contributed by atoms with van der Waals surface area (Å²) in [5, 5.41) is 19.0. The summed E-state index contributed by atoms with van der Waals surface area (Å²) in [7, 11) is 0. The summed E-state index contributed by atoms with van der Waals surface area (Å²) in [5.74, 6) is 0.234. The van der Waals surface area contributed by atoms with Crippen molar-refractivity contribution in [1.29, 1.82) is 0 Å². The first-order chi connectivity index (χ1) is 9.18. The molecule has 2 unspecified atom stereocenters. The standard InChI is InChI=1S/C14H26N4O2/c1-10(6-11(2)19)7-15-13(20)17-12-8-16-18(9-12)14(3,4)5/h8-11,19H,6-7H2,1-5H3,(H2,15,17,20). The number of anilines is 1. The van der Waals surface area contributed by atoms with Gasteiger partial charge in [-0.25, -0.2) is 4.79 Å². The molecule has 2 atom stereocenters. The molecule has 0 bridgehead atoms. The average molecular weight is 282 g/mol. The maximum Gasteiger partial charge on any atom is 0.319 e. The summed E-state index contributed by atoms with van der Waals surface area (Å²) >= 11 is 0. The summed E-state index contributed by atoms with van der Waals surface area (Å²) in [6.45, 7) is 10.4. The summed E-state index contributed by atoms with van der Waals surface area (Å²) in [5.41, 5.74) is 0.558. The number of rotatable bonds is 5. The number of amides is 2. The van der Waals surface area contributed by atoms with Crippen molar-refractivity contribution in [3.63, 3.8) is 0 Å². The first-order valence-electron chi connectivity index (χ1n) is 6.96. The van der Waals surface area contributed by atoms with Crippen molar-refractivity contribution < 1.29 is 9.90 Å². The maximum absolute atomic E-state index is 11.7. The molecule has 0 radical (unpaired) electrons. The lowest BCUT2D eigenvalue weighted by molar-refractivity contribution is 0.163. The lowest BCUT2D eigenvalue weighted by Gasteiger charge is -2.18. The summed E-state index contributed by atoms with van der Waals surface area (Å²) in [4.78, 5) is 11.7. The molecular formula is C14H26N4O2. The van der Waals surface area contributed by atoms with E-state index in [2.05, 4.69) is 15.7 Å². The molecular weight excluding hydrogens is 256 g/mol. The number of nitrogens with one attached hydrogen (secondary N) is 2. The fraction of sp³-hybridized carbons (Fsp3) is 0.714. The normalized spacial score (nSPS) is 14.7. The number of hydrogen-bond donors (Lipinski definition) is 3. The maximum atomic E-state index is 11.7. The molecule has 114 valence electrons. The van der Waals surface area contributed by atoms with E-state index in [1.165, 1.54) is 0 Å². The zero-order chi connectivity index (χ0) is 15.3. The SMILES string of the molecule is CC(O)CC(C)CNC(=O)Nc1cnn(C(C)(C)C)c1. The van der Waals surface area contributed by atoms with Crippen molar-refractivity contribution in [3.8, 4) is 0 Å². The Morgan fingerprint density at radius 3 is 2.60 bits per heavy atom. The molecule has 0 saturated carbocycles. The molecule has 0 aliphatic heterocycles. The molecule has 1 aromatic rings. The zero-order valence-corrected chi connectivity index (χ0v) is 13.0. The van der Waals surface area contributed by atoms with Gasteiger partial charge in [0.2, 0.25) is 0 Å². The van der Waals surface area contributed by atoms with E-state index in [0.717, 1.165) is 0 Å². The Labute approximate surface area is 120 Å². The van der Waals surface area contributed by atoms with E-state index in [1.54, 1.807) is 24.0 Å². The van der Waals surface area contributed by atoms with Gasteiger partial charge in [-0.1, -0.05) is 6.92 Å². The third-order valence-corrected chi connectivity index (χ3v) is 2.88. The highest BCUT2D eigenvalue weighted by atomic mass is 16.3. The van der Waals surface area contributed by atoms with Crippen molar-refractivity contribution in [3.05, 3.63) is 12.4 Å². The van der Waals surface area contributed by atoms with Crippen LogP contribution in [0.5, 0.6) is 0 Å². The topological polar surface area (TPSA) is 79.2 Å². The van der Waals surface area contributed by atoms with Crippen LogP contribution in [0.1, 0.15) is 41.0 Å². The first kappa shape index (κ1) is 16.5. The minimum absolute atomic E-state index is 0.109. The minimum Gasteiger partial charge on any atom is -0.393 e. The fourth-order valence-electron chi connectivity index (χ4n) is 1.86. The second-order valence-electron chi connectivity index (χ2n) is 6.37. The Morgan fingerprint density at radius 2 is 2.10 bits per heavy atom. The van der Waals surface area contributed by atoms with Crippen LogP contribution in [0.3, 0.4) is 0 Å². The van der Waals surface area contributed by atoms with Crippen molar-refractivity contribution in [2.45, 2.75) is 52.7 Å². The van der Waals surface area contributed by atoms with Gasteiger partial charge in [-0.15, -0.1) is 0 Å². The van der Waals surface area contributed by atoms with E-state index in [1.807, 2.05) is 27.7 Å². The Hall–Kier alpha value is -1.56. The molecule has 6 nitrogen and oxygen atoms in total. The van der Waals surface area contributed by atoms with Crippen LogP contribution in [-0.2, 0) is 5.54 Å². The van der Waals surface area contributed by atoms with E-state index >= 15 is 0 Å². The molecule has 20 heavy (non-hydrogen) atoms. The van der Waals surface area contributed by atoms with Gasteiger partial charge in [-0.05, 0) is 40.0 Å². The number of hydrogen-bond acceptors (Lipinski definition) is 3. The monoisotopic (exact) mass is 282 g/mol. The van der Waals surface area contributed by atoms with Crippen LogP contribution in [0.2, 0.25) is 0 Å². The van der Waals surface area contributed by atoms with Crippen molar-refractivity contribution in [2.24, 2.45) is 5.92 Å². The van der Waals surface area contributed by atoms with Crippen LogP contribution >= 0.6 is 0 Å². The highest BCUT2D eigenvalue weighted by molar-refractivity contribution is 5.88. The smallest absolute Gasteiger partial charge is 0.319 e. The second-order valence-corrected chi connectivity index (χ2v) is 6.37. The molecule has 6 heteroatoms. The Kier molecular flexibility index (Phi) is 5.56. The highest BCUT2D eigenvalue weighted by Crippen LogP contribution is 2.15. The van der Waals surface area contributed by atoms with Gasteiger partial charge in [0.15, 0.2) is 0 Å². The second kappa shape index (κ2) is 6.74. The predicted molar refractivity (Wildman–Crippen MR) is 79.7 cm³/mol. The van der Waals surface area contributed by atoms with Crippen LogP contribution in [0.4, 0.5) is 10.5 Å². The quantitative estimate of drug-likeness (QED) is 0.774. The van der Waals surface area contributed by atoms with E-state index in [9.17, 15) is 9.90 Å². The van der Waals surface area contributed by atoms with Gasteiger partial charge < -0.3 is 15.7 Å². The Balaban J connectivity index is 2.41. The van der Waals surface area contributed by atoms with E-state index in [4.69, 9.17) is 0 Å². The Morgan fingerprint density at radius 1 is 1.45 bits per heavy atom. The van der Waals surface area contributed by atoms with Crippen LogP contribution in [0, 0.1) is 5.92 Å². The van der Waals surface area contributed by atoms with Gasteiger partial charge in [0, 0.05) is 12.7 Å². The van der Waals surface area contributed by atoms with Crippen LogP contribution in [0.15, 0.2) is 12.4 Å². The van der Waals surface area contributed by atoms with Crippen molar-refractivity contribution in [1.82, 2.24) is 15.1 Å². The molecule has 0 aliphatic rings. The number of urea groups is 1. The van der Waals surface area contributed by atoms with Gasteiger partial charge in [0.05, 0.1) is 23.5 Å². The van der Waals surface area contributed by atoms with Crippen LogP contribution < -0.4 is 10.6 Å². The molecule has 0 aliphatic carbocycles. The van der Waals surface area contributed by atoms with E-state index in [-0.39, 0.29) is 23.6 Å². The molecule has 1 aromatic heterocycles. The van der Waals surface area contributed by atoms with E-state index in [0.29, 0.717) is 18.7 Å². The predicted octanol–water partition coefficient (Wildman–Crippen LogP) is 2.17. The van der Waals surface area contributed by atoms with Crippen molar-refractivity contribution >= 4 is 11.7 Å². The van der Waals surface area contributed by atoms with Gasteiger partial charge >= 0.3 is 6.03 Å². The van der Waals surface area contributed by atoms with Gasteiger partial charge in [-0.3, -0.25) is 4.68 Å². The van der Waals surface area contributed by atoms with Gasteiger partial charge in [-0.2, -0.15) is 5.10 Å². The van der Waals surface area contributed by atoms with E-state index < -0.39 is 0 Å². The number of carbonyl (C=O) groups is 1. The highest BCUT2D eigenvalue weighted by Gasteiger charge is 2.15. The number of carbonyl (C=O) groups excluding carboxylic acids is 1. The number of aromatic nitrogens is 2. The van der Waals surface area contributed by atoms with Crippen LogP contribution in [-0.4, -0.2) is 33.6 Å². The number of aliphatic hydroxyl groups is 1. The number of nitrogens with zero attached hydrogens (tertiary/aromatic N) is 2. The molecule has 0 aromatic carbocycles. The summed E-state index contributed by atoms with van der Waals surface area (Å²) < 4.78 is 1.80. The fourth-order valence-corrected chi connectivity index (χ4v) is 1.86. The lowest BCUT2D eigenvalue weighted by Crippen LogP contribution is -2.33. The molecule has 2 amide bonds. The first-order valence-corrected chi connectivity index (χ1v) is 6.96. The third kappa shape index (κ3) is 5.61.